The average Bonchev–Trinajstić information content (AvgIpc) is 3.19. The van der Waals surface area contributed by atoms with Gasteiger partial charge in [0.1, 0.15) is 5.60 Å². The van der Waals surface area contributed by atoms with E-state index in [1.54, 1.807) is 17.1 Å². The van der Waals surface area contributed by atoms with Crippen molar-refractivity contribution in [2.45, 2.75) is 44.2 Å². The minimum absolute atomic E-state index is 0.151. The molecule has 0 aliphatic heterocycles. The van der Waals surface area contributed by atoms with Crippen LogP contribution in [0.2, 0.25) is 0 Å². The molecule has 1 unspecified atom stereocenters. The lowest BCUT2D eigenvalue weighted by molar-refractivity contribution is -0.139. The van der Waals surface area contributed by atoms with Crippen molar-refractivity contribution in [3.63, 3.8) is 0 Å². The normalized spacial score (nSPS) is 18.1. The Bertz CT molecular complexity index is 631. The van der Waals surface area contributed by atoms with E-state index in [2.05, 4.69) is 15.6 Å². The number of aliphatic hydroxyl groups is 1. The summed E-state index contributed by atoms with van der Waals surface area (Å²) in [6.07, 6.45) is 6.32. The first-order valence-corrected chi connectivity index (χ1v) is 7.58. The van der Waals surface area contributed by atoms with Crippen LogP contribution in [0.15, 0.2) is 36.7 Å². The van der Waals surface area contributed by atoms with Crippen LogP contribution in [0.4, 0.5) is 0 Å². The van der Waals surface area contributed by atoms with Crippen LogP contribution in [0.1, 0.15) is 44.2 Å². The Labute approximate surface area is 129 Å². The van der Waals surface area contributed by atoms with Crippen LogP contribution in [-0.4, -0.2) is 31.6 Å². The van der Waals surface area contributed by atoms with Gasteiger partial charge in [0.15, 0.2) is 0 Å². The molecule has 2 N–H and O–H groups in total. The van der Waals surface area contributed by atoms with Gasteiger partial charge in [-0.05, 0) is 50.3 Å². The van der Waals surface area contributed by atoms with Gasteiger partial charge in [-0.25, -0.2) is 4.68 Å². The van der Waals surface area contributed by atoms with Gasteiger partial charge in [-0.3, -0.25) is 4.79 Å². The lowest BCUT2D eigenvalue weighted by atomic mass is 10.00. The van der Waals surface area contributed by atoms with Crippen LogP contribution in [0.5, 0.6) is 0 Å². The van der Waals surface area contributed by atoms with Gasteiger partial charge in [0.2, 0.25) is 0 Å². The number of nitrogens with one attached hydrogen (secondary N) is 1. The molecule has 3 rings (SSSR count). The molecule has 1 aromatic carbocycles. The third kappa shape index (κ3) is 2.87. The van der Waals surface area contributed by atoms with Gasteiger partial charge in [-0.2, -0.15) is 0 Å². The third-order valence-electron chi connectivity index (χ3n) is 4.28. The second-order valence-corrected chi connectivity index (χ2v) is 5.87. The van der Waals surface area contributed by atoms with E-state index in [1.165, 1.54) is 0 Å². The Morgan fingerprint density at radius 1 is 1.32 bits per heavy atom. The SMILES string of the molecule is CC(NC(=O)C1(O)CCCC1)c1ccc(-n2ccnn2)cc1. The van der Waals surface area contributed by atoms with Crippen LogP contribution in [0.3, 0.4) is 0 Å². The van der Waals surface area contributed by atoms with E-state index >= 15 is 0 Å². The second-order valence-electron chi connectivity index (χ2n) is 5.87. The predicted octanol–water partition coefficient (Wildman–Crippen LogP) is 1.75. The summed E-state index contributed by atoms with van der Waals surface area (Å²) in [6, 6.07) is 7.59. The fraction of sp³-hybridized carbons (Fsp3) is 0.438. The number of aromatic nitrogens is 3. The molecule has 0 saturated heterocycles. The van der Waals surface area contributed by atoms with Crippen LogP contribution in [0, 0.1) is 0 Å². The van der Waals surface area contributed by atoms with Crippen molar-refractivity contribution in [1.82, 2.24) is 20.3 Å². The number of rotatable bonds is 4. The van der Waals surface area contributed by atoms with Crippen LogP contribution in [-0.2, 0) is 4.79 Å². The predicted molar refractivity (Wildman–Crippen MR) is 81.3 cm³/mol. The molecule has 1 saturated carbocycles. The molecule has 1 amide bonds. The Hall–Kier alpha value is -2.21. The van der Waals surface area contributed by atoms with Gasteiger partial charge in [-0.15, -0.1) is 5.10 Å². The molecule has 1 aromatic heterocycles. The Balaban J connectivity index is 1.67. The summed E-state index contributed by atoms with van der Waals surface area (Å²) in [5.41, 5.74) is 0.711. The molecule has 0 radical (unpaired) electrons. The Morgan fingerprint density at radius 3 is 2.59 bits per heavy atom. The summed E-state index contributed by atoms with van der Waals surface area (Å²) in [6.45, 7) is 1.92. The number of benzene rings is 1. The van der Waals surface area contributed by atoms with Crippen molar-refractivity contribution >= 4 is 5.91 Å². The number of carbonyl (C=O) groups excluding carboxylic acids is 1. The van der Waals surface area contributed by atoms with Crippen LogP contribution < -0.4 is 5.32 Å². The van der Waals surface area contributed by atoms with E-state index in [1.807, 2.05) is 31.2 Å². The maximum absolute atomic E-state index is 12.2. The second kappa shape index (κ2) is 5.88. The first-order valence-electron chi connectivity index (χ1n) is 7.58. The molecule has 116 valence electrons. The Kier molecular flexibility index (Phi) is 3.94. The third-order valence-corrected chi connectivity index (χ3v) is 4.28. The average molecular weight is 300 g/mol. The number of hydrogen-bond acceptors (Lipinski definition) is 4. The van der Waals surface area contributed by atoms with Crippen molar-refractivity contribution in [1.29, 1.82) is 0 Å². The first kappa shape index (κ1) is 14.7. The summed E-state index contributed by atoms with van der Waals surface area (Å²) < 4.78 is 1.67. The molecule has 0 spiro atoms. The highest BCUT2D eigenvalue weighted by molar-refractivity contribution is 5.85. The number of amides is 1. The monoisotopic (exact) mass is 300 g/mol. The van der Waals surface area contributed by atoms with Crippen molar-refractivity contribution in [3.05, 3.63) is 42.2 Å². The van der Waals surface area contributed by atoms with Crippen molar-refractivity contribution in [3.8, 4) is 5.69 Å². The van der Waals surface area contributed by atoms with Crippen LogP contribution in [0.25, 0.3) is 5.69 Å². The fourth-order valence-electron chi connectivity index (χ4n) is 2.86. The Morgan fingerprint density at radius 2 is 2.00 bits per heavy atom. The first-order chi connectivity index (χ1) is 10.6. The van der Waals surface area contributed by atoms with E-state index in [-0.39, 0.29) is 11.9 Å². The minimum atomic E-state index is -1.19. The van der Waals surface area contributed by atoms with E-state index in [0.29, 0.717) is 12.8 Å². The van der Waals surface area contributed by atoms with E-state index < -0.39 is 5.60 Å². The largest absolute Gasteiger partial charge is 0.380 e. The van der Waals surface area contributed by atoms with Gasteiger partial charge in [-0.1, -0.05) is 17.3 Å². The smallest absolute Gasteiger partial charge is 0.252 e. The maximum Gasteiger partial charge on any atom is 0.252 e. The quantitative estimate of drug-likeness (QED) is 0.901. The molecule has 1 atom stereocenters. The maximum atomic E-state index is 12.2. The molecular weight excluding hydrogens is 280 g/mol. The van der Waals surface area contributed by atoms with Crippen molar-refractivity contribution in [2.75, 3.05) is 0 Å². The summed E-state index contributed by atoms with van der Waals surface area (Å²) in [7, 11) is 0. The summed E-state index contributed by atoms with van der Waals surface area (Å²) in [5.74, 6) is -0.266. The standard InChI is InChI=1S/C16H20N4O2/c1-12(18-15(21)16(22)8-2-3-9-16)13-4-6-14(7-5-13)20-11-10-17-19-20/h4-7,10-12,22H,2-3,8-9H2,1H3,(H,18,21). The summed E-state index contributed by atoms with van der Waals surface area (Å²) in [4.78, 5) is 12.2. The summed E-state index contributed by atoms with van der Waals surface area (Å²) >= 11 is 0. The van der Waals surface area contributed by atoms with Gasteiger partial charge < -0.3 is 10.4 Å². The molecule has 1 heterocycles. The number of carbonyl (C=O) groups is 1. The fourth-order valence-corrected chi connectivity index (χ4v) is 2.86. The van der Waals surface area contributed by atoms with Crippen molar-refractivity contribution < 1.29 is 9.90 Å². The zero-order valence-electron chi connectivity index (χ0n) is 12.6. The van der Waals surface area contributed by atoms with Crippen molar-refractivity contribution in [2.24, 2.45) is 0 Å². The van der Waals surface area contributed by atoms with E-state index in [0.717, 1.165) is 24.1 Å². The molecule has 1 aliphatic rings. The lowest BCUT2D eigenvalue weighted by Gasteiger charge is -2.24. The highest BCUT2D eigenvalue weighted by atomic mass is 16.3. The molecule has 0 bridgehead atoms. The topological polar surface area (TPSA) is 80.0 Å². The van der Waals surface area contributed by atoms with E-state index in [4.69, 9.17) is 0 Å². The minimum Gasteiger partial charge on any atom is -0.380 e. The highest BCUT2D eigenvalue weighted by Crippen LogP contribution is 2.30. The van der Waals surface area contributed by atoms with Gasteiger partial charge in [0.25, 0.3) is 5.91 Å². The molecule has 1 aliphatic carbocycles. The molecule has 6 nitrogen and oxygen atoms in total. The zero-order chi connectivity index (χ0) is 15.6. The number of nitrogens with zero attached hydrogens (tertiary/aromatic N) is 3. The van der Waals surface area contributed by atoms with Gasteiger partial charge >= 0.3 is 0 Å². The molecular formula is C16H20N4O2. The molecule has 2 aromatic rings. The molecule has 22 heavy (non-hydrogen) atoms. The van der Waals surface area contributed by atoms with Crippen LogP contribution >= 0.6 is 0 Å². The zero-order valence-corrected chi connectivity index (χ0v) is 12.6. The molecule has 1 fully saturated rings. The van der Waals surface area contributed by atoms with E-state index in [9.17, 15) is 9.90 Å². The van der Waals surface area contributed by atoms with Gasteiger partial charge in [0, 0.05) is 0 Å². The lowest BCUT2D eigenvalue weighted by Crippen LogP contribution is -2.45. The molecule has 6 heteroatoms. The summed E-state index contributed by atoms with van der Waals surface area (Å²) in [5, 5.41) is 20.9. The number of hydrogen-bond donors (Lipinski definition) is 2. The highest BCUT2D eigenvalue weighted by Gasteiger charge is 2.39. The van der Waals surface area contributed by atoms with Gasteiger partial charge in [0.05, 0.1) is 24.1 Å².